The SMILES string of the molecule is CCCCCC(=O)OCC(C)(C)C(=O)C(Oc1ccc(Cl)cc1)n1cncn1. The Labute approximate surface area is 170 Å². The number of ketones is 1. The third kappa shape index (κ3) is 6.34. The van der Waals surface area contributed by atoms with E-state index < -0.39 is 11.6 Å². The maximum absolute atomic E-state index is 13.2. The highest BCUT2D eigenvalue weighted by Crippen LogP contribution is 2.28. The molecule has 0 saturated carbocycles. The number of halogens is 1. The summed E-state index contributed by atoms with van der Waals surface area (Å²) >= 11 is 5.90. The molecule has 0 saturated heterocycles. The maximum atomic E-state index is 13.2. The Balaban J connectivity index is 2.07. The van der Waals surface area contributed by atoms with Crippen molar-refractivity contribution in [1.82, 2.24) is 14.8 Å². The highest BCUT2D eigenvalue weighted by Gasteiger charge is 2.38. The molecule has 1 atom stereocenters. The first kappa shape index (κ1) is 21.9. The second-order valence-corrected chi connectivity index (χ2v) is 7.60. The quantitative estimate of drug-likeness (QED) is 0.409. The van der Waals surface area contributed by atoms with Crippen LogP contribution in [0.15, 0.2) is 36.9 Å². The highest BCUT2D eigenvalue weighted by molar-refractivity contribution is 6.30. The highest BCUT2D eigenvalue weighted by atomic mass is 35.5. The fraction of sp³-hybridized carbons (Fsp3) is 0.500. The summed E-state index contributed by atoms with van der Waals surface area (Å²) in [6.45, 7) is 5.46. The van der Waals surface area contributed by atoms with Crippen molar-refractivity contribution in [2.45, 2.75) is 52.7 Å². The van der Waals surface area contributed by atoms with E-state index in [1.807, 2.05) is 0 Å². The van der Waals surface area contributed by atoms with Gasteiger partial charge < -0.3 is 9.47 Å². The molecule has 0 fully saturated rings. The summed E-state index contributed by atoms with van der Waals surface area (Å²) in [6, 6.07) is 6.67. The Morgan fingerprint density at radius 3 is 2.54 bits per heavy atom. The van der Waals surface area contributed by atoms with Crippen LogP contribution in [0.25, 0.3) is 0 Å². The van der Waals surface area contributed by atoms with E-state index in [0.29, 0.717) is 17.2 Å². The normalized spacial score (nSPS) is 12.4. The Bertz CT molecular complexity index is 760. The minimum atomic E-state index is -1.04. The van der Waals surface area contributed by atoms with Crippen molar-refractivity contribution in [2.24, 2.45) is 5.41 Å². The molecule has 0 spiro atoms. The minimum absolute atomic E-state index is 0.0357. The molecule has 0 N–H and O–H groups in total. The number of esters is 1. The van der Waals surface area contributed by atoms with E-state index in [1.165, 1.54) is 17.3 Å². The van der Waals surface area contributed by atoms with E-state index in [9.17, 15) is 9.59 Å². The number of benzene rings is 1. The van der Waals surface area contributed by atoms with Gasteiger partial charge in [-0.25, -0.2) is 9.67 Å². The van der Waals surface area contributed by atoms with Gasteiger partial charge in [0.15, 0.2) is 0 Å². The lowest BCUT2D eigenvalue weighted by Gasteiger charge is -2.28. The summed E-state index contributed by atoms with van der Waals surface area (Å²) < 4.78 is 12.5. The summed E-state index contributed by atoms with van der Waals surface area (Å²) in [5.41, 5.74) is -0.969. The van der Waals surface area contributed by atoms with E-state index in [4.69, 9.17) is 21.1 Å². The molecule has 1 aromatic heterocycles. The second-order valence-electron chi connectivity index (χ2n) is 7.17. The number of aromatic nitrogens is 3. The minimum Gasteiger partial charge on any atom is -0.465 e. The van der Waals surface area contributed by atoms with Crippen LogP contribution in [0, 0.1) is 5.41 Å². The zero-order chi connectivity index (χ0) is 20.6. The lowest BCUT2D eigenvalue weighted by Crippen LogP contribution is -2.39. The standard InChI is InChI=1S/C20H26ClN3O4/c1-4-5-6-7-17(25)27-12-20(2,3)18(26)19(24-14-22-13-23-24)28-16-10-8-15(21)9-11-16/h8-11,13-14,19H,4-7,12H2,1-3H3. The maximum Gasteiger partial charge on any atom is 0.305 e. The molecule has 1 aromatic carbocycles. The average molecular weight is 408 g/mol. The molecule has 7 nitrogen and oxygen atoms in total. The molecule has 2 rings (SSSR count). The van der Waals surface area contributed by atoms with E-state index in [2.05, 4.69) is 17.0 Å². The third-order valence-electron chi connectivity index (χ3n) is 4.21. The molecule has 2 aromatic rings. The zero-order valence-corrected chi connectivity index (χ0v) is 17.2. The van der Waals surface area contributed by atoms with Crippen LogP contribution in [-0.2, 0) is 14.3 Å². The van der Waals surface area contributed by atoms with Crippen LogP contribution in [0.2, 0.25) is 5.02 Å². The lowest BCUT2D eigenvalue weighted by atomic mass is 9.88. The van der Waals surface area contributed by atoms with Gasteiger partial charge in [0.25, 0.3) is 6.23 Å². The number of carbonyl (C=O) groups is 2. The average Bonchev–Trinajstić information content (AvgIpc) is 3.20. The fourth-order valence-electron chi connectivity index (χ4n) is 2.47. The largest absolute Gasteiger partial charge is 0.465 e. The number of hydrogen-bond donors (Lipinski definition) is 0. The van der Waals surface area contributed by atoms with Gasteiger partial charge in [0.2, 0.25) is 5.78 Å². The van der Waals surface area contributed by atoms with Gasteiger partial charge in [-0.1, -0.05) is 31.4 Å². The van der Waals surface area contributed by atoms with Crippen molar-refractivity contribution in [3.05, 3.63) is 41.9 Å². The van der Waals surface area contributed by atoms with Crippen LogP contribution in [-0.4, -0.2) is 33.1 Å². The number of rotatable bonds is 11. The first-order valence-corrected chi connectivity index (χ1v) is 9.67. The summed E-state index contributed by atoms with van der Waals surface area (Å²) in [6.07, 6.45) is 4.83. The van der Waals surface area contributed by atoms with Crippen molar-refractivity contribution in [3.63, 3.8) is 0 Å². The van der Waals surface area contributed by atoms with Crippen LogP contribution in [0.1, 0.15) is 52.7 Å². The molecule has 1 heterocycles. The predicted octanol–water partition coefficient (Wildman–Crippen LogP) is 4.23. The van der Waals surface area contributed by atoms with Crippen molar-refractivity contribution >= 4 is 23.4 Å². The van der Waals surface area contributed by atoms with E-state index >= 15 is 0 Å². The van der Waals surface area contributed by atoms with Gasteiger partial charge in [-0.2, -0.15) is 5.10 Å². The van der Waals surface area contributed by atoms with E-state index in [1.54, 1.807) is 38.1 Å². The Hall–Kier alpha value is -2.41. The molecular weight excluding hydrogens is 382 g/mol. The smallest absolute Gasteiger partial charge is 0.305 e. The number of ether oxygens (including phenoxy) is 2. The third-order valence-corrected chi connectivity index (χ3v) is 4.46. The van der Waals surface area contributed by atoms with Gasteiger partial charge in [-0.15, -0.1) is 0 Å². The molecule has 152 valence electrons. The molecule has 0 aliphatic rings. The van der Waals surface area contributed by atoms with Crippen molar-refractivity contribution in [3.8, 4) is 5.75 Å². The topological polar surface area (TPSA) is 83.3 Å². The predicted molar refractivity (Wildman–Crippen MR) is 105 cm³/mol. The molecule has 28 heavy (non-hydrogen) atoms. The van der Waals surface area contributed by atoms with Crippen molar-refractivity contribution in [2.75, 3.05) is 6.61 Å². The summed E-state index contributed by atoms with van der Waals surface area (Å²) in [4.78, 5) is 29.0. The molecule has 1 unspecified atom stereocenters. The van der Waals surface area contributed by atoms with Gasteiger partial charge in [-0.05, 0) is 44.5 Å². The van der Waals surface area contributed by atoms with E-state index in [-0.39, 0.29) is 18.4 Å². The molecule has 0 aliphatic carbocycles. The molecule has 0 radical (unpaired) electrons. The van der Waals surface area contributed by atoms with E-state index in [0.717, 1.165) is 19.3 Å². The van der Waals surface area contributed by atoms with Crippen LogP contribution < -0.4 is 4.74 Å². The van der Waals surface area contributed by atoms with Crippen LogP contribution in [0.4, 0.5) is 0 Å². The number of hydrogen-bond acceptors (Lipinski definition) is 6. The molecule has 0 amide bonds. The Morgan fingerprint density at radius 1 is 1.21 bits per heavy atom. The van der Waals surface area contributed by atoms with Gasteiger partial charge in [-0.3, -0.25) is 9.59 Å². The molecule has 0 aliphatic heterocycles. The Kier molecular flexibility index (Phi) is 7.99. The second kappa shape index (κ2) is 10.2. The summed E-state index contributed by atoms with van der Waals surface area (Å²) in [7, 11) is 0. The van der Waals surface area contributed by atoms with Crippen LogP contribution in [0.5, 0.6) is 5.75 Å². The first-order valence-electron chi connectivity index (χ1n) is 9.30. The van der Waals surface area contributed by atoms with Crippen molar-refractivity contribution in [1.29, 1.82) is 0 Å². The van der Waals surface area contributed by atoms with Crippen molar-refractivity contribution < 1.29 is 19.1 Å². The summed E-state index contributed by atoms with van der Waals surface area (Å²) in [5, 5.41) is 4.60. The zero-order valence-electron chi connectivity index (χ0n) is 16.4. The summed E-state index contributed by atoms with van der Waals surface area (Å²) in [5.74, 6) is -0.120. The number of Topliss-reactive ketones (excluding diaryl/α,β-unsaturated/α-hetero) is 1. The molecular formula is C20H26ClN3O4. The van der Waals surface area contributed by atoms with Gasteiger partial charge in [0.1, 0.15) is 25.0 Å². The first-order chi connectivity index (χ1) is 13.3. The van der Waals surface area contributed by atoms with Crippen LogP contribution in [0.3, 0.4) is 0 Å². The molecule has 8 heteroatoms. The number of nitrogens with zero attached hydrogens (tertiary/aromatic N) is 3. The fourth-order valence-corrected chi connectivity index (χ4v) is 2.59. The van der Waals surface area contributed by atoms with Gasteiger partial charge in [0, 0.05) is 11.4 Å². The van der Waals surface area contributed by atoms with Gasteiger partial charge in [0.05, 0.1) is 5.41 Å². The molecule has 0 bridgehead atoms. The van der Waals surface area contributed by atoms with Crippen LogP contribution >= 0.6 is 11.6 Å². The number of carbonyl (C=O) groups excluding carboxylic acids is 2. The van der Waals surface area contributed by atoms with Gasteiger partial charge >= 0.3 is 5.97 Å². The Morgan fingerprint density at radius 2 is 1.93 bits per heavy atom. The monoisotopic (exact) mass is 407 g/mol. The lowest BCUT2D eigenvalue weighted by molar-refractivity contribution is -0.152. The number of unbranched alkanes of at least 4 members (excludes halogenated alkanes) is 2.